The van der Waals surface area contributed by atoms with Crippen LogP contribution in [0.3, 0.4) is 0 Å². The van der Waals surface area contributed by atoms with Gasteiger partial charge < -0.3 is 0 Å². The minimum absolute atomic E-state index is 1.32. The third kappa shape index (κ3) is 1.98. The largest absolute Gasteiger partial charge is 0.135 e. The normalized spacial score (nSPS) is 12.0. The molecular formula is C23H18S. The fourth-order valence-corrected chi connectivity index (χ4v) is 4.83. The number of hydrogen-bond acceptors (Lipinski definition) is 1. The lowest BCUT2D eigenvalue weighted by molar-refractivity contribution is 1.37. The monoisotopic (exact) mass is 326 g/mol. The van der Waals surface area contributed by atoms with Gasteiger partial charge in [0.15, 0.2) is 0 Å². The summed E-state index contributed by atoms with van der Waals surface area (Å²) >= 11 is 1.91. The Morgan fingerprint density at radius 3 is 1.75 bits per heavy atom. The molecule has 5 rings (SSSR count). The smallest absolute Gasteiger partial charge is 0.0361 e. The van der Waals surface area contributed by atoms with Crippen molar-refractivity contribution in [2.75, 3.05) is 0 Å². The fraction of sp³-hybridized carbons (Fsp3) is 0.130. The van der Waals surface area contributed by atoms with Crippen LogP contribution in [0.1, 0.15) is 16.7 Å². The van der Waals surface area contributed by atoms with Crippen molar-refractivity contribution in [3.05, 3.63) is 71.3 Å². The summed E-state index contributed by atoms with van der Waals surface area (Å²) in [6.45, 7) is 6.55. The Balaban J connectivity index is 1.93. The molecule has 0 fully saturated rings. The maximum atomic E-state index is 2.37. The summed E-state index contributed by atoms with van der Waals surface area (Å²) in [4.78, 5) is 0. The van der Waals surface area contributed by atoms with E-state index in [-0.39, 0.29) is 0 Å². The van der Waals surface area contributed by atoms with Crippen LogP contribution in [-0.2, 0) is 0 Å². The van der Waals surface area contributed by atoms with E-state index < -0.39 is 0 Å². The van der Waals surface area contributed by atoms with Crippen molar-refractivity contribution in [3.63, 3.8) is 0 Å². The number of rotatable bonds is 0. The van der Waals surface area contributed by atoms with Gasteiger partial charge in [-0.25, -0.2) is 0 Å². The van der Waals surface area contributed by atoms with Gasteiger partial charge in [0.2, 0.25) is 0 Å². The topological polar surface area (TPSA) is 0 Å². The SMILES string of the molecule is Cc1ccc2cc3c(cc2c1)sc1cc2cc(C)c(C)cc2cc13. The lowest BCUT2D eigenvalue weighted by Crippen LogP contribution is -1.81. The maximum Gasteiger partial charge on any atom is 0.0361 e. The summed E-state index contributed by atoms with van der Waals surface area (Å²) in [5, 5.41) is 8.12. The standard InChI is InChI=1S/C23H18S/c1-13-4-5-16-9-20-21-10-18-7-14(2)15(3)8-19(18)12-23(21)24-22(20)11-17(16)6-13/h4-12H,1-3H3. The van der Waals surface area contributed by atoms with Crippen LogP contribution in [0.25, 0.3) is 41.7 Å². The molecule has 1 heterocycles. The van der Waals surface area contributed by atoms with E-state index in [1.165, 1.54) is 58.4 Å². The van der Waals surface area contributed by atoms with Crippen LogP contribution in [0.2, 0.25) is 0 Å². The first-order valence-electron chi connectivity index (χ1n) is 8.36. The van der Waals surface area contributed by atoms with Crippen LogP contribution in [0.15, 0.2) is 54.6 Å². The number of benzene rings is 4. The van der Waals surface area contributed by atoms with E-state index in [0.717, 1.165) is 0 Å². The van der Waals surface area contributed by atoms with Crippen LogP contribution >= 0.6 is 11.3 Å². The summed E-state index contributed by atoms with van der Waals surface area (Å²) < 4.78 is 2.76. The van der Waals surface area contributed by atoms with Crippen molar-refractivity contribution in [2.45, 2.75) is 20.8 Å². The molecule has 0 aliphatic heterocycles. The molecule has 0 nitrogen and oxygen atoms in total. The third-order valence-electron chi connectivity index (χ3n) is 5.16. The molecule has 0 aliphatic carbocycles. The van der Waals surface area contributed by atoms with Gasteiger partial charge in [-0.1, -0.05) is 35.9 Å². The lowest BCUT2D eigenvalue weighted by Gasteiger charge is -2.05. The van der Waals surface area contributed by atoms with Gasteiger partial charge in [0.25, 0.3) is 0 Å². The number of aryl methyl sites for hydroxylation is 3. The Labute approximate surface area is 145 Å². The zero-order valence-corrected chi connectivity index (χ0v) is 14.9. The molecule has 0 bridgehead atoms. The average Bonchev–Trinajstić information content (AvgIpc) is 2.88. The van der Waals surface area contributed by atoms with Gasteiger partial charge in [-0.05, 0) is 77.7 Å². The highest BCUT2D eigenvalue weighted by Crippen LogP contribution is 2.39. The lowest BCUT2D eigenvalue weighted by atomic mass is 10.00. The van der Waals surface area contributed by atoms with Gasteiger partial charge in [-0.3, -0.25) is 0 Å². The highest BCUT2D eigenvalue weighted by atomic mass is 32.1. The van der Waals surface area contributed by atoms with Crippen LogP contribution in [0.5, 0.6) is 0 Å². The first kappa shape index (κ1) is 14.0. The van der Waals surface area contributed by atoms with E-state index in [0.29, 0.717) is 0 Å². The molecule has 1 heteroatoms. The number of fused-ring (bicyclic) bond motifs is 5. The first-order valence-corrected chi connectivity index (χ1v) is 9.18. The zero-order valence-electron chi connectivity index (χ0n) is 14.1. The summed E-state index contributed by atoms with van der Waals surface area (Å²) in [7, 11) is 0. The summed E-state index contributed by atoms with van der Waals surface area (Å²) in [5.41, 5.74) is 4.05. The molecule has 0 N–H and O–H groups in total. The van der Waals surface area contributed by atoms with Gasteiger partial charge in [-0.2, -0.15) is 0 Å². The second kappa shape index (κ2) is 4.81. The highest BCUT2D eigenvalue weighted by molar-refractivity contribution is 7.26. The molecule has 0 amide bonds. The molecule has 0 saturated heterocycles. The zero-order chi connectivity index (χ0) is 16.4. The molecule has 4 aromatic carbocycles. The minimum atomic E-state index is 1.32. The van der Waals surface area contributed by atoms with Gasteiger partial charge in [0.1, 0.15) is 0 Å². The van der Waals surface area contributed by atoms with Crippen LogP contribution in [0, 0.1) is 20.8 Å². The van der Waals surface area contributed by atoms with Crippen molar-refractivity contribution in [2.24, 2.45) is 0 Å². The Hall–Kier alpha value is -2.38. The molecule has 24 heavy (non-hydrogen) atoms. The second-order valence-electron chi connectivity index (χ2n) is 6.93. The highest BCUT2D eigenvalue weighted by Gasteiger charge is 2.09. The molecule has 0 atom stereocenters. The van der Waals surface area contributed by atoms with Gasteiger partial charge in [0, 0.05) is 20.2 Å². The Morgan fingerprint density at radius 2 is 1.08 bits per heavy atom. The predicted molar refractivity (Wildman–Crippen MR) is 109 cm³/mol. The predicted octanol–water partition coefficient (Wildman–Crippen LogP) is 7.29. The Kier molecular flexibility index (Phi) is 2.81. The number of hydrogen-bond donors (Lipinski definition) is 0. The fourth-order valence-electron chi connectivity index (χ4n) is 3.66. The van der Waals surface area contributed by atoms with Crippen LogP contribution in [0.4, 0.5) is 0 Å². The van der Waals surface area contributed by atoms with Gasteiger partial charge in [-0.15, -0.1) is 11.3 Å². The van der Waals surface area contributed by atoms with Gasteiger partial charge >= 0.3 is 0 Å². The Bertz CT molecular complexity index is 1270. The van der Waals surface area contributed by atoms with Crippen LogP contribution < -0.4 is 0 Å². The summed E-state index contributed by atoms with van der Waals surface area (Å²) in [6.07, 6.45) is 0. The molecule has 0 unspecified atom stereocenters. The third-order valence-corrected chi connectivity index (χ3v) is 6.27. The second-order valence-corrected chi connectivity index (χ2v) is 8.02. The van der Waals surface area contributed by atoms with E-state index in [9.17, 15) is 0 Å². The average molecular weight is 326 g/mol. The Morgan fingerprint density at radius 1 is 0.542 bits per heavy atom. The van der Waals surface area contributed by atoms with Crippen molar-refractivity contribution in [1.29, 1.82) is 0 Å². The summed E-state index contributed by atoms with van der Waals surface area (Å²) in [5.74, 6) is 0. The van der Waals surface area contributed by atoms with Crippen LogP contribution in [-0.4, -0.2) is 0 Å². The van der Waals surface area contributed by atoms with Crippen molar-refractivity contribution in [1.82, 2.24) is 0 Å². The molecule has 5 aromatic rings. The van der Waals surface area contributed by atoms with Crippen molar-refractivity contribution >= 4 is 53.1 Å². The molecule has 116 valence electrons. The molecule has 1 aromatic heterocycles. The molecule has 0 spiro atoms. The summed E-state index contributed by atoms with van der Waals surface area (Å²) in [6, 6.07) is 20.8. The van der Waals surface area contributed by atoms with E-state index in [4.69, 9.17) is 0 Å². The van der Waals surface area contributed by atoms with E-state index in [1.54, 1.807) is 0 Å². The molecule has 0 aliphatic rings. The van der Waals surface area contributed by atoms with Crippen molar-refractivity contribution < 1.29 is 0 Å². The van der Waals surface area contributed by atoms with E-state index in [2.05, 4.69) is 75.4 Å². The first-order chi connectivity index (χ1) is 11.6. The number of thiophene rings is 1. The quantitative estimate of drug-likeness (QED) is 0.280. The molecule has 0 radical (unpaired) electrons. The maximum absolute atomic E-state index is 2.37. The van der Waals surface area contributed by atoms with Crippen molar-refractivity contribution in [3.8, 4) is 0 Å². The van der Waals surface area contributed by atoms with E-state index >= 15 is 0 Å². The molecule has 0 saturated carbocycles. The molecular weight excluding hydrogens is 308 g/mol. The van der Waals surface area contributed by atoms with Gasteiger partial charge in [0.05, 0.1) is 0 Å². The van der Waals surface area contributed by atoms with E-state index in [1.807, 2.05) is 11.3 Å². The minimum Gasteiger partial charge on any atom is -0.135 e.